The number of carbonyl (C=O) groups is 1. The van der Waals surface area contributed by atoms with Gasteiger partial charge >= 0.3 is 0 Å². The molecule has 1 nitrogen and oxygen atoms in total. The van der Waals surface area contributed by atoms with Crippen molar-refractivity contribution < 1.29 is 4.79 Å². The van der Waals surface area contributed by atoms with E-state index < -0.39 is 0 Å². The average molecular weight is 271 g/mol. The number of hydrogen-bond acceptors (Lipinski definition) is 1. The average Bonchev–Trinajstić information content (AvgIpc) is 2.73. The van der Waals surface area contributed by atoms with Crippen LogP contribution in [0.15, 0.2) is 36.4 Å². The predicted molar refractivity (Wildman–Crippen MR) is 79.1 cm³/mol. The zero-order chi connectivity index (χ0) is 13.4. The molecule has 0 bridgehead atoms. The summed E-state index contributed by atoms with van der Waals surface area (Å²) >= 11 is 5.76. The summed E-state index contributed by atoms with van der Waals surface area (Å²) in [6.45, 7) is 2.05. The van der Waals surface area contributed by atoms with Crippen LogP contribution in [0.3, 0.4) is 0 Å². The zero-order valence-electron chi connectivity index (χ0n) is 10.9. The van der Waals surface area contributed by atoms with E-state index in [0.717, 1.165) is 40.7 Å². The lowest BCUT2D eigenvalue weighted by atomic mass is 9.94. The largest absolute Gasteiger partial charge is 0.289 e. The molecule has 0 amide bonds. The number of rotatable bonds is 3. The van der Waals surface area contributed by atoms with Crippen LogP contribution in [0.5, 0.6) is 0 Å². The van der Waals surface area contributed by atoms with Gasteiger partial charge in [-0.15, -0.1) is 11.6 Å². The summed E-state index contributed by atoms with van der Waals surface area (Å²) in [7, 11) is 0. The van der Waals surface area contributed by atoms with Crippen LogP contribution in [0, 0.1) is 6.92 Å². The van der Waals surface area contributed by atoms with Gasteiger partial charge in [0.2, 0.25) is 0 Å². The Labute approximate surface area is 118 Å². The molecule has 0 aliphatic heterocycles. The van der Waals surface area contributed by atoms with Crippen LogP contribution in [0.25, 0.3) is 11.1 Å². The van der Waals surface area contributed by atoms with Gasteiger partial charge in [0.1, 0.15) is 0 Å². The monoisotopic (exact) mass is 270 g/mol. The quantitative estimate of drug-likeness (QED) is 0.646. The van der Waals surface area contributed by atoms with Crippen molar-refractivity contribution in [2.24, 2.45) is 0 Å². The van der Waals surface area contributed by atoms with Gasteiger partial charge in [-0.2, -0.15) is 0 Å². The van der Waals surface area contributed by atoms with Crippen molar-refractivity contribution in [3.8, 4) is 11.1 Å². The fourth-order valence-corrected chi connectivity index (χ4v) is 2.98. The Morgan fingerprint density at radius 2 is 1.74 bits per heavy atom. The fraction of sp³-hybridized carbons (Fsp3) is 0.235. The Morgan fingerprint density at radius 1 is 1.00 bits per heavy atom. The second-order valence-corrected chi connectivity index (χ2v) is 5.32. The standard InChI is InChI=1S/C17H15ClO/c1-11-12(5-4-10-18)8-9-14-13-6-2-3-7-15(13)17(19)16(11)14/h2-3,6-9H,4-5,10H2,1H3. The second kappa shape index (κ2) is 4.82. The van der Waals surface area contributed by atoms with Gasteiger partial charge in [0.25, 0.3) is 0 Å². The van der Waals surface area contributed by atoms with Crippen LogP contribution >= 0.6 is 11.6 Å². The van der Waals surface area contributed by atoms with Crippen molar-refractivity contribution in [1.82, 2.24) is 0 Å². The molecule has 3 rings (SSSR count). The highest BCUT2D eigenvalue weighted by molar-refractivity contribution is 6.22. The minimum atomic E-state index is 0.163. The number of hydrogen-bond donors (Lipinski definition) is 0. The van der Waals surface area contributed by atoms with Gasteiger partial charge in [0.05, 0.1) is 0 Å². The molecule has 0 saturated carbocycles. The highest BCUT2D eigenvalue weighted by Gasteiger charge is 2.28. The van der Waals surface area contributed by atoms with Gasteiger partial charge in [-0.3, -0.25) is 4.79 Å². The summed E-state index contributed by atoms with van der Waals surface area (Å²) < 4.78 is 0. The van der Waals surface area contributed by atoms with Crippen LogP contribution in [-0.4, -0.2) is 11.7 Å². The molecule has 0 radical (unpaired) electrons. The minimum Gasteiger partial charge on any atom is -0.289 e. The smallest absolute Gasteiger partial charge is 0.194 e. The molecule has 2 aromatic rings. The third-order valence-corrected chi connectivity index (χ3v) is 4.11. The van der Waals surface area contributed by atoms with E-state index in [1.54, 1.807) is 0 Å². The summed E-state index contributed by atoms with van der Waals surface area (Å²) in [5.41, 5.74) is 6.20. The van der Waals surface area contributed by atoms with E-state index in [1.807, 2.05) is 31.2 Å². The predicted octanol–water partition coefficient (Wildman–Crippen LogP) is 4.38. The third kappa shape index (κ3) is 1.89. The number of halogens is 1. The summed E-state index contributed by atoms with van der Waals surface area (Å²) in [6, 6.07) is 12.1. The number of benzene rings is 2. The van der Waals surface area contributed by atoms with Crippen molar-refractivity contribution in [3.05, 3.63) is 58.7 Å². The van der Waals surface area contributed by atoms with Gasteiger partial charge in [-0.25, -0.2) is 0 Å². The highest BCUT2D eigenvalue weighted by atomic mass is 35.5. The van der Waals surface area contributed by atoms with Gasteiger partial charge in [0.15, 0.2) is 5.78 Å². The van der Waals surface area contributed by atoms with Gasteiger partial charge in [-0.1, -0.05) is 36.4 Å². The van der Waals surface area contributed by atoms with Crippen molar-refractivity contribution >= 4 is 17.4 Å². The molecule has 19 heavy (non-hydrogen) atoms. The molecule has 0 heterocycles. The van der Waals surface area contributed by atoms with Gasteiger partial charge in [-0.05, 0) is 42.0 Å². The van der Waals surface area contributed by atoms with Crippen molar-refractivity contribution in [2.45, 2.75) is 19.8 Å². The molecule has 0 fully saturated rings. The molecular weight excluding hydrogens is 256 g/mol. The molecule has 2 aromatic carbocycles. The van der Waals surface area contributed by atoms with E-state index in [-0.39, 0.29) is 5.78 Å². The minimum absolute atomic E-state index is 0.163. The van der Waals surface area contributed by atoms with E-state index in [4.69, 9.17) is 11.6 Å². The maximum absolute atomic E-state index is 12.5. The molecule has 0 N–H and O–H groups in total. The van der Waals surface area contributed by atoms with Crippen LogP contribution in [0.4, 0.5) is 0 Å². The summed E-state index contributed by atoms with van der Waals surface area (Å²) in [5.74, 6) is 0.820. The molecular formula is C17H15ClO. The lowest BCUT2D eigenvalue weighted by molar-refractivity contribution is 0.104. The number of fused-ring (bicyclic) bond motifs is 3. The molecule has 0 unspecified atom stereocenters. The number of carbonyl (C=O) groups excluding carboxylic acids is 1. The van der Waals surface area contributed by atoms with E-state index in [9.17, 15) is 4.79 Å². The van der Waals surface area contributed by atoms with E-state index in [1.165, 1.54) is 5.56 Å². The first-order valence-electron chi connectivity index (χ1n) is 6.56. The summed E-state index contributed by atoms with van der Waals surface area (Å²) in [5, 5.41) is 0. The molecule has 96 valence electrons. The first-order chi connectivity index (χ1) is 9.24. The first kappa shape index (κ1) is 12.4. The normalized spacial score (nSPS) is 12.4. The Morgan fingerprint density at radius 3 is 2.47 bits per heavy atom. The molecule has 0 spiro atoms. The number of alkyl halides is 1. The van der Waals surface area contributed by atoms with Crippen molar-refractivity contribution in [3.63, 3.8) is 0 Å². The summed E-state index contributed by atoms with van der Waals surface area (Å²) in [4.78, 5) is 12.5. The van der Waals surface area contributed by atoms with Crippen molar-refractivity contribution in [2.75, 3.05) is 5.88 Å². The molecule has 0 aromatic heterocycles. The van der Waals surface area contributed by atoms with Gasteiger partial charge in [0, 0.05) is 17.0 Å². The number of ketones is 1. The van der Waals surface area contributed by atoms with Crippen LogP contribution in [0.2, 0.25) is 0 Å². The van der Waals surface area contributed by atoms with Crippen LogP contribution < -0.4 is 0 Å². The van der Waals surface area contributed by atoms with E-state index in [0.29, 0.717) is 5.88 Å². The Hall–Kier alpha value is -1.60. The van der Waals surface area contributed by atoms with Gasteiger partial charge < -0.3 is 0 Å². The molecule has 1 aliphatic rings. The SMILES string of the molecule is Cc1c(CCCCl)ccc2c1C(=O)c1ccccc1-2. The third-order valence-electron chi connectivity index (χ3n) is 3.85. The maximum Gasteiger partial charge on any atom is 0.194 e. The second-order valence-electron chi connectivity index (χ2n) is 4.94. The number of aryl methyl sites for hydroxylation is 1. The lowest BCUT2D eigenvalue weighted by Crippen LogP contribution is -2.01. The Bertz CT molecular complexity index is 658. The highest BCUT2D eigenvalue weighted by Crippen LogP contribution is 2.39. The first-order valence-corrected chi connectivity index (χ1v) is 7.10. The molecule has 0 saturated heterocycles. The zero-order valence-corrected chi connectivity index (χ0v) is 11.6. The molecule has 2 heteroatoms. The van der Waals surface area contributed by atoms with Crippen molar-refractivity contribution in [1.29, 1.82) is 0 Å². The van der Waals surface area contributed by atoms with E-state index >= 15 is 0 Å². The fourth-order valence-electron chi connectivity index (χ4n) is 2.85. The lowest BCUT2D eigenvalue weighted by Gasteiger charge is -2.09. The Kier molecular flexibility index (Phi) is 3.16. The van der Waals surface area contributed by atoms with E-state index in [2.05, 4.69) is 12.1 Å². The van der Waals surface area contributed by atoms with Crippen LogP contribution in [0.1, 0.15) is 33.5 Å². The summed E-state index contributed by atoms with van der Waals surface area (Å²) in [6.07, 6.45) is 1.88. The topological polar surface area (TPSA) is 17.1 Å². The Balaban J connectivity index is 2.14. The molecule has 0 atom stereocenters. The van der Waals surface area contributed by atoms with Crippen LogP contribution in [-0.2, 0) is 6.42 Å². The maximum atomic E-state index is 12.5. The molecule has 1 aliphatic carbocycles.